The molecule has 1 aromatic carbocycles. The molecule has 2 aromatic rings. The summed E-state index contributed by atoms with van der Waals surface area (Å²) < 4.78 is 1.09. The lowest BCUT2D eigenvalue weighted by Gasteiger charge is -2.18. The highest BCUT2D eigenvalue weighted by Crippen LogP contribution is 2.25. The minimum atomic E-state index is 0.181. The molecule has 0 fully saturated rings. The zero-order chi connectivity index (χ0) is 15.4. The number of aromatic nitrogens is 2. The molecular weight excluding hydrogens is 328 g/mol. The molecule has 2 N–H and O–H groups in total. The first-order chi connectivity index (χ1) is 10.0. The van der Waals surface area contributed by atoms with E-state index >= 15 is 0 Å². The van der Waals surface area contributed by atoms with Crippen molar-refractivity contribution in [2.75, 3.05) is 17.2 Å². The van der Waals surface area contributed by atoms with E-state index in [1.807, 2.05) is 13.8 Å². The third kappa shape index (κ3) is 3.94. The van der Waals surface area contributed by atoms with E-state index in [-0.39, 0.29) is 6.04 Å². The Morgan fingerprint density at radius 2 is 1.71 bits per heavy atom. The summed E-state index contributed by atoms with van der Waals surface area (Å²) in [4.78, 5) is 8.97. The number of aryl methyl sites for hydroxylation is 1. The van der Waals surface area contributed by atoms with Crippen LogP contribution in [0.4, 0.5) is 11.6 Å². The van der Waals surface area contributed by atoms with Gasteiger partial charge in [-0.1, -0.05) is 28.1 Å². The van der Waals surface area contributed by atoms with Crippen LogP contribution in [0.25, 0.3) is 0 Å². The molecule has 0 radical (unpaired) electrons. The lowest BCUT2D eigenvalue weighted by Crippen LogP contribution is -2.12. The van der Waals surface area contributed by atoms with Crippen LogP contribution in [0.2, 0.25) is 0 Å². The number of hydrogen-bond donors (Lipinski definition) is 2. The predicted molar refractivity (Wildman–Crippen MR) is 91.8 cm³/mol. The Morgan fingerprint density at radius 3 is 2.33 bits per heavy atom. The molecule has 0 aliphatic rings. The summed E-state index contributed by atoms with van der Waals surface area (Å²) >= 11 is 3.46. The summed E-state index contributed by atoms with van der Waals surface area (Å²) in [6, 6.07) is 8.50. The van der Waals surface area contributed by atoms with Crippen molar-refractivity contribution in [3.8, 4) is 0 Å². The van der Waals surface area contributed by atoms with E-state index in [0.29, 0.717) is 0 Å². The van der Waals surface area contributed by atoms with Gasteiger partial charge in [0.05, 0.1) is 0 Å². The van der Waals surface area contributed by atoms with Crippen LogP contribution >= 0.6 is 15.9 Å². The van der Waals surface area contributed by atoms with Crippen molar-refractivity contribution in [2.45, 2.75) is 33.7 Å². The number of rotatable bonds is 5. The zero-order valence-corrected chi connectivity index (χ0v) is 14.5. The Labute approximate surface area is 134 Å². The van der Waals surface area contributed by atoms with E-state index < -0.39 is 0 Å². The smallest absolute Gasteiger partial charge is 0.135 e. The van der Waals surface area contributed by atoms with Gasteiger partial charge in [0.1, 0.15) is 17.5 Å². The molecule has 0 bridgehead atoms. The van der Waals surface area contributed by atoms with Crippen LogP contribution in [0.3, 0.4) is 0 Å². The number of anilines is 2. The van der Waals surface area contributed by atoms with E-state index in [2.05, 4.69) is 74.6 Å². The van der Waals surface area contributed by atoms with E-state index in [9.17, 15) is 0 Å². The third-order valence-electron chi connectivity index (χ3n) is 3.33. The Bertz CT molecular complexity index is 610. The molecule has 112 valence electrons. The Hall–Kier alpha value is -1.62. The van der Waals surface area contributed by atoms with E-state index in [1.165, 1.54) is 5.56 Å². The molecule has 1 atom stereocenters. The molecule has 0 aliphatic carbocycles. The van der Waals surface area contributed by atoms with Crippen LogP contribution in [-0.4, -0.2) is 16.5 Å². The molecular formula is C16H21BrN4. The van der Waals surface area contributed by atoms with Crippen molar-refractivity contribution in [3.05, 3.63) is 45.7 Å². The van der Waals surface area contributed by atoms with Crippen LogP contribution in [0.15, 0.2) is 28.7 Å². The molecule has 4 nitrogen and oxygen atoms in total. The monoisotopic (exact) mass is 348 g/mol. The maximum Gasteiger partial charge on any atom is 0.135 e. The lowest BCUT2D eigenvalue weighted by molar-refractivity contribution is 0.862. The van der Waals surface area contributed by atoms with Crippen LogP contribution in [0.1, 0.15) is 36.8 Å². The summed E-state index contributed by atoms with van der Waals surface area (Å²) in [5.41, 5.74) is 2.27. The molecule has 0 amide bonds. The first kappa shape index (κ1) is 15.8. The van der Waals surface area contributed by atoms with Gasteiger partial charge in [0.2, 0.25) is 0 Å². The van der Waals surface area contributed by atoms with E-state index in [0.717, 1.165) is 34.0 Å². The number of hydrogen-bond acceptors (Lipinski definition) is 4. The Morgan fingerprint density at radius 1 is 1.10 bits per heavy atom. The second kappa shape index (κ2) is 6.89. The largest absolute Gasteiger partial charge is 0.370 e. The second-order valence-electron chi connectivity index (χ2n) is 5.04. The van der Waals surface area contributed by atoms with Gasteiger partial charge < -0.3 is 10.6 Å². The Kier molecular flexibility index (Phi) is 5.17. The van der Waals surface area contributed by atoms with Crippen molar-refractivity contribution < 1.29 is 0 Å². The van der Waals surface area contributed by atoms with Gasteiger partial charge in [-0.25, -0.2) is 9.97 Å². The minimum Gasteiger partial charge on any atom is -0.370 e. The Balaban J connectivity index is 2.24. The number of benzene rings is 1. The van der Waals surface area contributed by atoms with E-state index in [1.54, 1.807) is 0 Å². The molecule has 0 saturated heterocycles. The highest BCUT2D eigenvalue weighted by atomic mass is 79.9. The van der Waals surface area contributed by atoms with Gasteiger partial charge in [0.15, 0.2) is 0 Å². The average molecular weight is 349 g/mol. The van der Waals surface area contributed by atoms with Crippen molar-refractivity contribution in [1.82, 2.24) is 9.97 Å². The summed E-state index contributed by atoms with van der Waals surface area (Å²) in [6.07, 6.45) is 0. The quantitative estimate of drug-likeness (QED) is 0.837. The SMILES string of the molecule is CCNc1nc(C)nc(NC(C)c2ccc(Br)cc2)c1C. The molecule has 1 aromatic heterocycles. The summed E-state index contributed by atoms with van der Waals surface area (Å²) in [5.74, 6) is 2.55. The van der Waals surface area contributed by atoms with Gasteiger partial charge >= 0.3 is 0 Å². The van der Waals surface area contributed by atoms with Crippen molar-refractivity contribution in [1.29, 1.82) is 0 Å². The molecule has 21 heavy (non-hydrogen) atoms. The lowest BCUT2D eigenvalue weighted by atomic mass is 10.1. The van der Waals surface area contributed by atoms with Crippen molar-refractivity contribution in [2.24, 2.45) is 0 Å². The maximum absolute atomic E-state index is 4.53. The molecule has 1 heterocycles. The number of nitrogens with zero attached hydrogens (tertiary/aromatic N) is 2. The average Bonchev–Trinajstić information content (AvgIpc) is 2.44. The van der Waals surface area contributed by atoms with Gasteiger partial charge in [-0.2, -0.15) is 0 Å². The first-order valence-corrected chi connectivity index (χ1v) is 7.91. The topological polar surface area (TPSA) is 49.8 Å². The van der Waals surface area contributed by atoms with E-state index in [4.69, 9.17) is 0 Å². The molecule has 0 saturated carbocycles. The van der Waals surface area contributed by atoms with Crippen LogP contribution in [0.5, 0.6) is 0 Å². The molecule has 1 unspecified atom stereocenters. The fourth-order valence-corrected chi connectivity index (χ4v) is 2.41. The maximum atomic E-state index is 4.53. The molecule has 2 rings (SSSR count). The van der Waals surface area contributed by atoms with Crippen LogP contribution < -0.4 is 10.6 Å². The van der Waals surface area contributed by atoms with Crippen LogP contribution in [-0.2, 0) is 0 Å². The third-order valence-corrected chi connectivity index (χ3v) is 3.85. The van der Waals surface area contributed by atoms with Gasteiger partial charge in [-0.3, -0.25) is 0 Å². The summed E-state index contributed by atoms with van der Waals surface area (Å²) in [6.45, 7) is 8.99. The molecule has 0 spiro atoms. The summed E-state index contributed by atoms with van der Waals surface area (Å²) in [5, 5.41) is 6.76. The fourth-order valence-electron chi connectivity index (χ4n) is 2.15. The fraction of sp³-hybridized carbons (Fsp3) is 0.375. The van der Waals surface area contributed by atoms with Gasteiger partial charge in [0.25, 0.3) is 0 Å². The standard InChI is InChI=1S/C16H21BrN4/c1-5-18-15-10(2)16(21-12(4)20-15)19-11(3)13-6-8-14(17)9-7-13/h6-9,11H,5H2,1-4H3,(H2,18,19,20,21). The highest BCUT2D eigenvalue weighted by molar-refractivity contribution is 9.10. The van der Waals surface area contributed by atoms with Crippen LogP contribution in [0, 0.1) is 13.8 Å². The van der Waals surface area contributed by atoms with Crippen molar-refractivity contribution in [3.63, 3.8) is 0 Å². The van der Waals surface area contributed by atoms with Gasteiger partial charge in [-0.05, 0) is 45.4 Å². The number of halogens is 1. The van der Waals surface area contributed by atoms with Crippen molar-refractivity contribution >= 4 is 27.6 Å². The molecule has 0 aliphatic heterocycles. The predicted octanol–water partition coefficient (Wildman–Crippen LogP) is 4.46. The zero-order valence-electron chi connectivity index (χ0n) is 12.9. The molecule has 5 heteroatoms. The number of nitrogens with one attached hydrogen (secondary N) is 2. The minimum absolute atomic E-state index is 0.181. The first-order valence-electron chi connectivity index (χ1n) is 7.12. The highest BCUT2D eigenvalue weighted by Gasteiger charge is 2.12. The van der Waals surface area contributed by atoms with Gasteiger partial charge in [0, 0.05) is 22.6 Å². The normalized spacial score (nSPS) is 12.0. The second-order valence-corrected chi connectivity index (χ2v) is 5.96. The van der Waals surface area contributed by atoms with Gasteiger partial charge in [-0.15, -0.1) is 0 Å². The summed E-state index contributed by atoms with van der Waals surface area (Å²) in [7, 11) is 0.